The zero-order valence-corrected chi connectivity index (χ0v) is 13.9. The van der Waals surface area contributed by atoms with Gasteiger partial charge in [-0.25, -0.2) is 0 Å². The molecule has 0 fully saturated rings. The molecule has 0 heterocycles. The Kier molecular flexibility index (Phi) is 6.19. The van der Waals surface area contributed by atoms with E-state index in [1.165, 1.54) is 5.56 Å². The first-order chi connectivity index (χ1) is 10.1. The lowest BCUT2D eigenvalue weighted by Gasteiger charge is -2.10. The number of rotatable bonds is 6. The molecular weight excluding hydrogens is 329 g/mol. The lowest BCUT2D eigenvalue weighted by molar-refractivity contribution is 0.415. The fourth-order valence-electron chi connectivity index (χ4n) is 2.03. The Labute approximate surface area is 140 Å². The standard InChI is InChI=1S/C16H16Cl3NO/c1-21-16-14(18)8-12(9-15(16)19)10-20-7-6-11-2-4-13(17)5-3-11/h2-5,8-9,20H,6-7,10H2,1H3. The molecule has 1 N–H and O–H groups in total. The number of hydrogen-bond acceptors (Lipinski definition) is 2. The molecule has 0 spiro atoms. The third-order valence-electron chi connectivity index (χ3n) is 3.10. The van der Waals surface area contributed by atoms with Crippen LogP contribution in [0.15, 0.2) is 36.4 Å². The fourth-order valence-corrected chi connectivity index (χ4v) is 2.84. The molecule has 0 unspecified atom stereocenters. The monoisotopic (exact) mass is 343 g/mol. The second kappa shape index (κ2) is 7.90. The van der Waals surface area contributed by atoms with Gasteiger partial charge in [0.05, 0.1) is 17.2 Å². The van der Waals surface area contributed by atoms with Crippen molar-refractivity contribution in [1.82, 2.24) is 5.32 Å². The molecular formula is C16H16Cl3NO. The van der Waals surface area contributed by atoms with Crippen LogP contribution in [0.3, 0.4) is 0 Å². The molecule has 0 saturated carbocycles. The molecule has 2 rings (SSSR count). The third-order valence-corrected chi connectivity index (χ3v) is 3.91. The zero-order chi connectivity index (χ0) is 15.2. The Morgan fingerprint density at radius 3 is 2.14 bits per heavy atom. The van der Waals surface area contributed by atoms with E-state index in [2.05, 4.69) is 5.32 Å². The molecule has 0 amide bonds. The Morgan fingerprint density at radius 1 is 0.952 bits per heavy atom. The van der Waals surface area contributed by atoms with Crippen LogP contribution in [0.2, 0.25) is 15.1 Å². The zero-order valence-electron chi connectivity index (χ0n) is 11.6. The van der Waals surface area contributed by atoms with Crippen LogP contribution in [0.5, 0.6) is 5.75 Å². The van der Waals surface area contributed by atoms with E-state index in [-0.39, 0.29) is 0 Å². The lowest BCUT2D eigenvalue weighted by Crippen LogP contribution is -2.16. The van der Waals surface area contributed by atoms with E-state index in [9.17, 15) is 0 Å². The van der Waals surface area contributed by atoms with Crippen LogP contribution in [0.4, 0.5) is 0 Å². The summed E-state index contributed by atoms with van der Waals surface area (Å²) in [7, 11) is 1.55. The van der Waals surface area contributed by atoms with Gasteiger partial charge in [-0.2, -0.15) is 0 Å². The summed E-state index contributed by atoms with van der Waals surface area (Å²) in [5.74, 6) is 0.517. The van der Waals surface area contributed by atoms with Crippen LogP contribution < -0.4 is 10.1 Å². The molecule has 0 atom stereocenters. The average molecular weight is 345 g/mol. The van der Waals surface area contributed by atoms with E-state index < -0.39 is 0 Å². The fraction of sp³-hybridized carbons (Fsp3) is 0.250. The summed E-state index contributed by atoms with van der Waals surface area (Å²) in [5.41, 5.74) is 2.28. The van der Waals surface area contributed by atoms with Gasteiger partial charge in [-0.1, -0.05) is 46.9 Å². The summed E-state index contributed by atoms with van der Waals surface area (Å²) >= 11 is 18.1. The van der Waals surface area contributed by atoms with E-state index in [1.54, 1.807) is 7.11 Å². The summed E-state index contributed by atoms with van der Waals surface area (Å²) in [6, 6.07) is 11.6. The van der Waals surface area contributed by atoms with Crippen LogP contribution in [0, 0.1) is 0 Å². The molecule has 2 nitrogen and oxygen atoms in total. The Hall–Kier alpha value is -0.930. The number of benzene rings is 2. The van der Waals surface area contributed by atoms with Crippen molar-refractivity contribution in [2.45, 2.75) is 13.0 Å². The van der Waals surface area contributed by atoms with Gasteiger partial charge in [0.25, 0.3) is 0 Å². The molecule has 0 aliphatic carbocycles. The first kappa shape index (κ1) is 16.4. The predicted octanol–water partition coefficient (Wildman–Crippen LogP) is 4.99. The van der Waals surface area contributed by atoms with Crippen molar-refractivity contribution < 1.29 is 4.74 Å². The normalized spacial score (nSPS) is 10.7. The van der Waals surface area contributed by atoms with Crippen molar-refractivity contribution in [1.29, 1.82) is 0 Å². The second-order valence-electron chi connectivity index (χ2n) is 4.65. The van der Waals surface area contributed by atoms with E-state index in [0.717, 1.165) is 23.6 Å². The Morgan fingerprint density at radius 2 is 1.57 bits per heavy atom. The maximum absolute atomic E-state index is 6.11. The van der Waals surface area contributed by atoms with Gasteiger partial charge in [-0.15, -0.1) is 0 Å². The Balaban J connectivity index is 1.85. The van der Waals surface area contributed by atoms with Gasteiger partial charge < -0.3 is 10.1 Å². The first-order valence-corrected chi connectivity index (χ1v) is 7.70. The van der Waals surface area contributed by atoms with Crippen LogP contribution in [-0.2, 0) is 13.0 Å². The van der Waals surface area contributed by atoms with Crippen molar-refractivity contribution in [3.63, 3.8) is 0 Å². The predicted molar refractivity (Wildman–Crippen MR) is 89.9 cm³/mol. The van der Waals surface area contributed by atoms with Crippen molar-refractivity contribution in [2.75, 3.05) is 13.7 Å². The van der Waals surface area contributed by atoms with Gasteiger partial charge in [0.15, 0.2) is 5.75 Å². The van der Waals surface area contributed by atoms with Crippen molar-refractivity contribution in [3.05, 3.63) is 62.6 Å². The van der Waals surface area contributed by atoms with Gasteiger partial charge in [-0.3, -0.25) is 0 Å². The minimum Gasteiger partial charge on any atom is -0.494 e. The molecule has 0 saturated heterocycles. The minimum atomic E-state index is 0.517. The van der Waals surface area contributed by atoms with Crippen LogP contribution >= 0.6 is 34.8 Å². The first-order valence-electron chi connectivity index (χ1n) is 6.57. The number of hydrogen-bond donors (Lipinski definition) is 1. The van der Waals surface area contributed by atoms with Gasteiger partial charge in [-0.05, 0) is 48.4 Å². The van der Waals surface area contributed by atoms with E-state index in [0.29, 0.717) is 22.3 Å². The summed E-state index contributed by atoms with van der Waals surface area (Å²) in [5, 5.41) is 5.18. The minimum absolute atomic E-state index is 0.517. The number of methoxy groups -OCH3 is 1. The second-order valence-corrected chi connectivity index (χ2v) is 5.90. The van der Waals surface area contributed by atoms with Crippen molar-refractivity contribution in [2.24, 2.45) is 0 Å². The highest BCUT2D eigenvalue weighted by Gasteiger charge is 2.08. The molecule has 5 heteroatoms. The van der Waals surface area contributed by atoms with E-state index in [4.69, 9.17) is 39.5 Å². The molecule has 0 aliphatic rings. The van der Waals surface area contributed by atoms with Crippen LogP contribution in [0.25, 0.3) is 0 Å². The molecule has 0 aliphatic heterocycles. The van der Waals surface area contributed by atoms with E-state index >= 15 is 0 Å². The summed E-state index contributed by atoms with van der Waals surface area (Å²) in [6.45, 7) is 1.57. The molecule has 21 heavy (non-hydrogen) atoms. The highest BCUT2D eigenvalue weighted by atomic mass is 35.5. The number of ether oxygens (including phenoxy) is 1. The molecule has 0 aromatic heterocycles. The number of nitrogens with one attached hydrogen (secondary N) is 1. The summed E-state index contributed by atoms with van der Waals surface area (Å²) in [6.07, 6.45) is 0.939. The molecule has 112 valence electrons. The quantitative estimate of drug-likeness (QED) is 0.746. The molecule has 2 aromatic carbocycles. The van der Waals surface area contributed by atoms with Crippen LogP contribution in [0.1, 0.15) is 11.1 Å². The third kappa shape index (κ3) is 4.79. The highest BCUT2D eigenvalue weighted by Crippen LogP contribution is 2.33. The van der Waals surface area contributed by atoms with E-state index in [1.807, 2.05) is 36.4 Å². The molecule has 2 aromatic rings. The van der Waals surface area contributed by atoms with Crippen LogP contribution in [-0.4, -0.2) is 13.7 Å². The molecule has 0 bridgehead atoms. The SMILES string of the molecule is COc1c(Cl)cc(CNCCc2ccc(Cl)cc2)cc1Cl. The van der Waals surface area contributed by atoms with Gasteiger partial charge in [0.2, 0.25) is 0 Å². The van der Waals surface area contributed by atoms with Gasteiger partial charge in [0, 0.05) is 11.6 Å². The summed E-state index contributed by atoms with van der Waals surface area (Å²) in [4.78, 5) is 0. The topological polar surface area (TPSA) is 21.3 Å². The Bertz CT molecular complexity index is 576. The number of halogens is 3. The lowest BCUT2D eigenvalue weighted by atomic mass is 10.1. The maximum Gasteiger partial charge on any atom is 0.156 e. The van der Waals surface area contributed by atoms with Gasteiger partial charge >= 0.3 is 0 Å². The summed E-state index contributed by atoms with van der Waals surface area (Å²) < 4.78 is 5.13. The van der Waals surface area contributed by atoms with Crippen molar-refractivity contribution in [3.8, 4) is 5.75 Å². The molecule has 0 radical (unpaired) electrons. The maximum atomic E-state index is 6.11. The largest absolute Gasteiger partial charge is 0.494 e. The highest BCUT2D eigenvalue weighted by molar-refractivity contribution is 6.37. The van der Waals surface area contributed by atoms with Gasteiger partial charge in [0.1, 0.15) is 0 Å². The smallest absolute Gasteiger partial charge is 0.156 e. The average Bonchev–Trinajstić information content (AvgIpc) is 2.45. The van der Waals surface area contributed by atoms with Crippen molar-refractivity contribution >= 4 is 34.8 Å².